The van der Waals surface area contributed by atoms with E-state index in [1.807, 2.05) is 19.1 Å². The third kappa shape index (κ3) is 5.51. The van der Waals surface area contributed by atoms with Crippen LogP contribution in [0.15, 0.2) is 51.3 Å². The zero-order valence-electron chi connectivity index (χ0n) is 15.5. The molecule has 1 aromatic carbocycles. The van der Waals surface area contributed by atoms with Crippen LogP contribution in [0.25, 0.3) is 0 Å². The fourth-order valence-electron chi connectivity index (χ4n) is 2.30. The quantitative estimate of drug-likeness (QED) is 0.578. The van der Waals surface area contributed by atoms with Gasteiger partial charge >= 0.3 is 0 Å². The molecule has 0 aliphatic carbocycles. The van der Waals surface area contributed by atoms with E-state index in [0.717, 1.165) is 21.2 Å². The van der Waals surface area contributed by atoms with E-state index in [1.54, 1.807) is 36.8 Å². The van der Waals surface area contributed by atoms with Gasteiger partial charge in [0.25, 0.3) is 5.91 Å². The minimum absolute atomic E-state index is 0.122. The lowest BCUT2D eigenvalue weighted by Crippen LogP contribution is -2.17. The summed E-state index contributed by atoms with van der Waals surface area (Å²) in [5.74, 6) is 0.684. The normalized spacial score (nSPS) is 11.8. The number of carbonyl (C=O) groups is 1. The van der Waals surface area contributed by atoms with Gasteiger partial charge in [0.15, 0.2) is 4.34 Å². The van der Waals surface area contributed by atoms with Crippen LogP contribution in [0.1, 0.15) is 29.8 Å². The van der Waals surface area contributed by atoms with E-state index in [4.69, 9.17) is 4.74 Å². The highest BCUT2D eigenvalue weighted by molar-refractivity contribution is 8.01. The van der Waals surface area contributed by atoms with Crippen LogP contribution >= 0.6 is 23.1 Å². The number of hydrogen-bond donors (Lipinski definition) is 2. The lowest BCUT2D eigenvalue weighted by Gasteiger charge is -2.14. The summed E-state index contributed by atoms with van der Waals surface area (Å²) in [6.45, 7) is 3.68. The molecule has 0 aliphatic rings. The van der Waals surface area contributed by atoms with E-state index in [0.29, 0.717) is 17.1 Å². The summed E-state index contributed by atoms with van der Waals surface area (Å²) in [6.07, 6.45) is 2.24. The number of aryl methyl sites for hydroxylation is 1. The summed E-state index contributed by atoms with van der Waals surface area (Å²) in [5, 5.41) is 19.9. The molecule has 0 saturated heterocycles. The Labute approximate surface area is 171 Å². The van der Waals surface area contributed by atoms with Crippen LogP contribution in [0.4, 0.5) is 5.82 Å². The zero-order chi connectivity index (χ0) is 19.9. The fourth-order valence-corrected chi connectivity index (χ4v) is 3.84. The maximum atomic E-state index is 12.7. The van der Waals surface area contributed by atoms with Crippen LogP contribution in [0.3, 0.4) is 0 Å². The third-order valence-corrected chi connectivity index (χ3v) is 5.51. The first-order valence-electron chi connectivity index (χ1n) is 8.70. The number of aliphatic hydroxyl groups excluding tert-OH is 1. The standard InChI is InChI=1S/C19H20N4O3S2/c1-3-13-4-5-17(20-9-13)22-18(25)14-6-15(26-12(2)10-24)8-16(7-14)28-19-23-21-11-27-19/h4-9,11-12,24H,3,10H2,1-2H3,(H,20,22,25). The van der Waals surface area contributed by atoms with Gasteiger partial charge in [-0.2, -0.15) is 0 Å². The number of nitrogens with zero attached hydrogens (tertiary/aromatic N) is 3. The molecule has 0 radical (unpaired) electrons. The van der Waals surface area contributed by atoms with Gasteiger partial charge < -0.3 is 15.2 Å². The molecule has 3 aromatic rings. The maximum Gasteiger partial charge on any atom is 0.256 e. The number of ether oxygens (including phenoxy) is 1. The summed E-state index contributed by atoms with van der Waals surface area (Å²) < 4.78 is 6.46. The van der Waals surface area contributed by atoms with Crippen molar-refractivity contribution in [3.63, 3.8) is 0 Å². The molecule has 1 atom stereocenters. The Morgan fingerprint density at radius 3 is 2.86 bits per heavy atom. The number of rotatable bonds is 8. The fraction of sp³-hybridized carbons (Fsp3) is 0.263. The number of carbonyl (C=O) groups excluding carboxylic acids is 1. The number of nitrogens with one attached hydrogen (secondary N) is 1. The SMILES string of the molecule is CCc1ccc(NC(=O)c2cc(OC(C)CO)cc(Sc3nncs3)c2)nc1. The second-order valence-corrected chi connectivity index (χ2v) is 8.12. The Hall–Kier alpha value is -2.49. The van der Waals surface area contributed by atoms with Crippen molar-refractivity contribution in [3.8, 4) is 5.75 Å². The Morgan fingerprint density at radius 2 is 2.21 bits per heavy atom. The Bertz CT molecular complexity index is 917. The van der Waals surface area contributed by atoms with Gasteiger partial charge in [-0.25, -0.2) is 4.98 Å². The van der Waals surface area contributed by atoms with Crippen molar-refractivity contribution in [1.82, 2.24) is 15.2 Å². The molecular weight excluding hydrogens is 396 g/mol. The molecule has 2 N–H and O–H groups in total. The topological polar surface area (TPSA) is 97.2 Å². The monoisotopic (exact) mass is 416 g/mol. The highest BCUT2D eigenvalue weighted by atomic mass is 32.2. The second kappa shape index (κ2) is 9.63. The van der Waals surface area contributed by atoms with Crippen LogP contribution < -0.4 is 10.1 Å². The Balaban J connectivity index is 1.83. The van der Waals surface area contributed by atoms with E-state index in [1.165, 1.54) is 23.1 Å². The summed E-state index contributed by atoms with van der Waals surface area (Å²) in [6, 6.07) is 8.93. The molecule has 7 nitrogen and oxygen atoms in total. The molecule has 2 heterocycles. The summed E-state index contributed by atoms with van der Waals surface area (Å²) >= 11 is 2.80. The van der Waals surface area contributed by atoms with Gasteiger partial charge in [0.1, 0.15) is 23.2 Å². The molecule has 146 valence electrons. The average Bonchev–Trinajstić information content (AvgIpc) is 3.21. The van der Waals surface area contributed by atoms with Gasteiger partial charge in [0.2, 0.25) is 0 Å². The van der Waals surface area contributed by atoms with E-state index in [9.17, 15) is 9.90 Å². The van der Waals surface area contributed by atoms with Crippen LogP contribution in [0, 0.1) is 0 Å². The minimum Gasteiger partial charge on any atom is -0.488 e. The number of pyridine rings is 1. The molecule has 2 aromatic heterocycles. The molecule has 1 amide bonds. The van der Waals surface area contributed by atoms with E-state index in [-0.39, 0.29) is 18.6 Å². The summed E-state index contributed by atoms with van der Waals surface area (Å²) in [7, 11) is 0. The number of amides is 1. The lowest BCUT2D eigenvalue weighted by molar-refractivity contribution is 0.102. The summed E-state index contributed by atoms with van der Waals surface area (Å²) in [4.78, 5) is 17.8. The van der Waals surface area contributed by atoms with Crippen LogP contribution in [-0.2, 0) is 6.42 Å². The van der Waals surface area contributed by atoms with Crippen LogP contribution in [0.5, 0.6) is 5.75 Å². The number of benzene rings is 1. The van der Waals surface area contributed by atoms with Crippen LogP contribution in [0.2, 0.25) is 0 Å². The molecule has 0 fully saturated rings. The molecular formula is C19H20N4O3S2. The van der Waals surface area contributed by atoms with Crippen molar-refractivity contribution in [1.29, 1.82) is 0 Å². The molecule has 28 heavy (non-hydrogen) atoms. The first kappa shape index (κ1) is 20.2. The first-order valence-corrected chi connectivity index (χ1v) is 10.4. The highest BCUT2D eigenvalue weighted by Crippen LogP contribution is 2.32. The molecule has 0 saturated carbocycles. The zero-order valence-corrected chi connectivity index (χ0v) is 17.1. The molecule has 3 rings (SSSR count). The average molecular weight is 417 g/mol. The predicted octanol–water partition coefficient (Wildman–Crippen LogP) is 3.66. The van der Waals surface area contributed by atoms with Crippen molar-refractivity contribution < 1.29 is 14.6 Å². The van der Waals surface area contributed by atoms with Crippen molar-refractivity contribution in [3.05, 3.63) is 53.2 Å². The molecule has 0 bridgehead atoms. The van der Waals surface area contributed by atoms with Crippen molar-refractivity contribution in [2.24, 2.45) is 0 Å². The largest absolute Gasteiger partial charge is 0.488 e. The molecule has 0 aliphatic heterocycles. The number of hydrogen-bond acceptors (Lipinski definition) is 8. The lowest BCUT2D eigenvalue weighted by atomic mass is 10.2. The maximum absolute atomic E-state index is 12.7. The van der Waals surface area contributed by atoms with E-state index < -0.39 is 0 Å². The minimum atomic E-state index is -0.388. The van der Waals surface area contributed by atoms with Gasteiger partial charge in [-0.3, -0.25) is 4.79 Å². The van der Waals surface area contributed by atoms with Gasteiger partial charge in [-0.15, -0.1) is 10.2 Å². The number of anilines is 1. The van der Waals surface area contributed by atoms with Gasteiger partial charge in [0, 0.05) is 16.7 Å². The second-order valence-electron chi connectivity index (χ2n) is 5.97. The van der Waals surface area contributed by atoms with Gasteiger partial charge in [-0.1, -0.05) is 36.1 Å². The molecule has 0 spiro atoms. The van der Waals surface area contributed by atoms with Crippen molar-refractivity contribution >= 4 is 34.8 Å². The highest BCUT2D eigenvalue weighted by Gasteiger charge is 2.14. The first-order chi connectivity index (χ1) is 13.6. The smallest absolute Gasteiger partial charge is 0.256 e. The third-order valence-electron chi connectivity index (χ3n) is 3.76. The van der Waals surface area contributed by atoms with E-state index >= 15 is 0 Å². The molecule has 1 unspecified atom stereocenters. The number of aromatic nitrogens is 3. The van der Waals surface area contributed by atoms with Crippen LogP contribution in [-0.4, -0.2) is 38.9 Å². The Kier molecular flexibility index (Phi) is 6.96. The molecule has 9 heteroatoms. The van der Waals surface area contributed by atoms with Gasteiger partial charge in [0.05, 0.1) is 6.61 Å². The Morgan fingerprint density at radius 1 is 1.36 bits per heavy atom. The number of aliphatic hydroxyl groups is 1. The summed E-state index contributed by atoms with van der Waals surface area (Å²) in [5.41, 5.74) is 3.17. The predicted molar refractivity (Wildman–Crippen MR) is 109 cm³/mol. The van der Waals surface area contributed by atoms with Crippen molar-refractivity contribution in [2.75, 3.05) is 11.9 Å². The van der Waals surface area contributed by atoms with Crippen molar-refractivity contribution in [2.45, 2.75) is 35.6 Å². The van der Waals surface area contributed by atoms with E-state index in [2.05, 4.69) is 20.5 Å². The van der Waals surface area contributed by atoms with Gasteiger partial charge in [-0.05, 0) is 43.2 Å².